The summed E-state index contributed by atoms with van der Waals surface area (Å²) in [6, 6.07) is 7.25. The number of nitrogen functional groups attached to an aromatic ring is 1. The predicted octanol–water partition coefficient (Wildman–Crippen LogP) is 2.93. The Morgan fingerprint density at radius 3 is 2.72 bits per heavy atom. The van der Waals surface area contributed by atoms with Crippen LogP contribution in [0.15, 0.2) is 28.7 Å². The van der Waals surface area contributed by atoms with Crippen molar-refractivity contribution in [2.45, 2.75) is 32.7 Å². The average molecular weight is 246 g/mol. The number of fused-ring (bicyclic) bond motifs is 1. The first-order chi connectivity index (χ1) is 8.63. The zero-order valence-corrected chi connectivity index (χ0v) is 10.7. The SMILES string of the molecule is CCC(CC)NC(=O)c1cc2cc(N)ccc2o1. The Hall–Kier alpha value is -1.97. The molecule has 0 radical (unpaired) electrons. The Morgan fingerprint density at radius 2 is 2.06 bits per heavy atom. The van der Waals surface area contributed by atoms with Gasteiger partial charge in [-0.2, -0.15) is 0 Å². The fourth-order valence-electron chi connectivity index (χ4n) is 1.92. The van der Waals surface area contributed by atoms with Crippen LogP contribution >= 0.6 is 0 Å². The summed E-state index contributed by atoms with van der Waals surface area (Å²) in [4.78, 5) is 12.0. The number of nitrogens with one attached hydrogen (secondary N) is 1. The van der Waals surface area contributed by atoms with Crippen LogP contribution < -0.4 is 11.1 Å². The molecule has 1 heterocycles. The first kappa shape index (κ1) is 12.5. The van der Waals surface area contributed by atoms with Crippen LogP contribution in [0, 0.1) is 0 Å². The third kappa shape index (κ3) is 2.47. The number of furan rings is 1. The molecule has 3 N–H and O–H groups in total. The molecular formula is C14H18N2O2. The Morgan fingerprint density at radius 1 is 1.33 bits per heavy atom. The van der Waals surface area contributed by atoms with Gasteiger partial charge in [0.25, 0.3) is 5.91 Å². The van der Waals surface area contributed by atoms with E-state index in [-0.39, 0.29) is 11.9 Å². The van der Waals surface area contributed by atoms with Gasteiger partial charge in [-0.05, 0) is 37.1 Å². The van der Waals surface area contributed by atoms with E-state index in [0.29, 0.717) is 17.0 Å². The molecule has 0 aliphatic carbocycles. The number of hydrogen-bond acceptors (Lipinski definition) is 3. The second-order valence-electron chi connectivity index (χ2n) is 4.39. The molecule has 1 amide bonds. The average Bonchev–Trinajstić information content (AvgIpc) is 2.78. The molecular weight excluding hydrogens is 228 g/mol. The Bertz CT molecular complexity index is 556. The van der Waals surface area contributed by atoms with Gasteiger partial charge in [-0.1, -0.05) is 13.8 Å². The van der Waals surface area contributed by atoms with Crippen LogP contribution in [0.5, 0.6) is 0 Å². The Balaban J connectivity index is 2.23. The summed E-state index contributed by atoms with van der Waals surface area (Å²) in [6.45, 7) is 4.10. The van der Waals surface area contributed by atoms with Gasteiger partial charge in [0.1, 0.15) is 5.58 Å². The predicted molar refractivity (Wildman–Crippen MR) is 72.5 cm³/mol. The monoisotopic (exact) mass is 246 g/mol. The summed E-state index contributed by atoms with van der Waals surface area (Å²) in [5, 5.41) is 3.80. The third-order valence-electron chi connectivity index (χ3n) is 3.08. The lowest BCUT2D eigenvalue weighted by Gasteiger charge is -2.12. The van der Waals surface area contributed by atoms with Crippen LogP contribution in [0.25, 0.3) is 11.0 Å². The summed E-state index contributed by atoms with van der Waals surface area (Å²) in [6.07, 6.45) is 1.82. The summed E-state index contributed by atoms with van der Waals surface area (Å²) in [5.41, 5.74) is 7.03. The number of rotatable bonds is 4. The fourth-order valence-corrected chi connectivity index (χ4v) is 1.92. The number of nitrogens with two attached hydrogens (primary N) is 1. The molecule has 0 bridgehead atoms. The Labute approximate surface area is 106 Å². The summed E-state index contributed by atoms with van der Waals surface area (Å²) in [5.74, 6) is 0.168. The van der Waals surface area contributed by atoms with Gasteiger partial charge in [0.15, 0.2) is 5.76 Å². The molecule has 96 valence electrons. The van der Waals surface area contributed by atoms with Crippen molar-refractivity contribution in [3.63, 3.8) is 0 Å². The third-order valence-corrected chi connectivity index (χ3v) is 3.08. The first-order valence-electron chi connectivity index (χ1n) is 6.24. The number of hydrogen-bond donors (Lipinski definition) is 2. The van der Waals surface area contributed by atoms with Gasteiger partial charge in [0, 0.05) is 17.1 Å². The molecule has 4 nitrogen and oxygen atoms in total. The van der Waals surface area contributed by atoms with E-state index in [2.05, 4.69) is 5.32 Å². The van der Waals surface area contributed by atoms with E-state index in [1.165, 1.54) is 0 Å². The zero-order chi connectivity index (χ0) is 13.1. The molecule has 0 atom stereocenters. The van der Waals surface area contributed by atoms with Gasteiger partial charge in [0.2, 0.25) is 0 Å². The van der Waals surface area contributed by atoms with E-state index in [9.17, 15) is 4.79 Å². The molecule has 1 aromatic carbocycles. The van der Waals surface area contributed by atoms with Gasteiger partial charge in [-0.25, -0.2) is 0 Å². The van der Waals surface area contributed by atoms with Gasteiger partial charge >= 0.3 is 0 Å². The van der Waals surface area contributed by atoms with Crippen LogP contribution in [-0.2, 0) is 0 Å². The largest absolute Gasteiger partial charge is 0.451 e. The van der Waals surface area contributed by atoms with Gasteiger partial charge < -0.3 is 15.5 Å². The van der Waals surface area contributed by atoms with E-state index in [1.54, 1.807) is 24.3 Å². The lowest BCUT2D eigenvalue weighted by atomic mass is 10.1. The van der Waals surface area contributed by atoms with E-state index in [0.717, 1.165) is 18.2 Å². The Kier molecular flexibility index (Phi) is 3.55. The second kappa shape index (κ2) is 5.12. The summed E-state index contributed by atoms with van der Waals surface area (Å²) < 4.78 is 5.51. The molecule has 0 fully saturated rings. The van der Waals surface area contributed by atoms with E-state index < -0.39 is 0 Å². The van der Waals surface area contributed by atoms with E-state index in [1.807, 2.05) is 13.8 Å². The molecule has 2 aromatic rings. The van der Waals surface area contributed by atoms with Crippen molar-refractivity contribution >= 4 is 22.6 Å². The molecule has 0 aliphatic rings. The molecule has 0 saturated heterocycles. The summed E-state index contributed by atoms with van der Waals surface area (Å²) >= 11 is 0. The highest BCUT2D eigenvalue weighted by molar-refractivity contribution is 5.96. The first-order valence-corrected chi connectivity index (χ1v) is 6.24. The van der Waals surface area contributed by atoms with Crippen LogP contribution in [-0.4, -0.2) is 11.9 Å². The van der Waals surface area contributed by atoms with Crippen molar-refractivity contribution in [1.82, 2.24) is 5.32 Å². The van der Waals surface area contributed by atoms with Gasteiger partial charge in [-0.15, -0.1) is 0 Å². The van der Waals surface area contributed by atoms with Crippen molar-refractivity contribution in [1.29, 1.82) is 0 Å². The number of amides is 1. The number of anilines is 1. The minimum Gasteiger partial charge on any atom is -0.451 e. The lowest BCUT2D eigenvalue weighted by Crippen LogP contribution is -2.33. The van der Waals surface area contributed by atoms with Crippen molar-refractivity contribution in [2.75, 3.05) is 5.73 Å². The maximum Gasteiger partial charge on any atom is 0.287 e. The molecule has 0 aliphatic heterocycles. The maximum absolute atomic E-state index is 12.0. The number of benzene rings is 1. The van der Waals surface area contributed by atoms with E-state index in [4.69, 9.17) is 10.2 Å². The summed E-state index contributed by atoms with van der Waals surface area (Å²) in [7, 11) is 0. The fraction of sp³-hybridized carbons (Fsp3) is 0.357. The van der Waals surface area contributed by atoms with Crippen LogP contribution in [0.1, 0.15) is 37.2 Å². The number of carbonyl (C=O) groups is 1. The molecule has 0 unspecified atom stereocenters. The maximum atomic E-state index is 12.0. The van der Waals surface area contributed by atoms with Gasteiger partial charge in [-0.3, -0.25) is 4.79 Å². The molecule has 2 rings (SSSR count). The molecule has 18 heavy (non-hydrogen) atoms. The van der Waals surface area contributed by atoms with Gasteiger partial charge in [0.05, 0.1) is 0 Å². The normalized spacial score (nSPS) is 11.1. The highest BCUT2D eigenvalue weighted by Crippen LogP contribution is 2.21. The van der Waals surface area contributed by atoms with Crippen LogP contribution in [0.2, 0.25) is 0 Å². The number of carbonyl (C=O) groups excluding carboxylic acids is 1. The topological polar surface area (TPSA) is 68.3 Å². The molecule has 1 aromatic heterocycles. The standard InChI is InChI=1S/C14H18N2O2/c1-3-11(4-2)16-14(17)13-8-9-7-10(15)5-6-12(9)18-13/h5-8,11H,3-4,15H2,1-2H3,(H,16,17). The van der Waals surface area contributed by atoms with Crippen molar-refractivity contribution in [3.8, 4) is 0 Å². The van der Waals surface area contributed by atoms with Crippen molar-refractivity contribution in [2.24, 2.45) is 0 Å². The second-order valence-corrected chi connectivity index (χ2v) is 4.39. The van der Waals surface area contributed by atoms with Crippen LogP contribution in [0.4, 0.5) is 5.69 Å². The lowest BCUT2D eigenvalue weighted by molar-refractivity contribution is 0.0909. The zero-order valence-electron chi connectivity index (χ0n) is 10.7. The van der Waals surface area contributed by atoms with Crippen LogP contribution in [0.3, 0.4) is 0 Å². The quantitative estimate of drug-likeness (QED) is 0.815. The highest BCUT2D eigenvalue weighted by atomic mass is 16.3. The minimum absolute atomic E-state index is 0.168. The smallest absolute Gasteiger partial charge is 0.287 e. The minimum atomic E-state index is -0.168. The van der Waals surface area contributed by atoms with Crippen molar-refractivity contribution < 1.29 is 9.21 Å². The van der Waals surface area contributed by atoms with E-state index >= 15 is 0 Å². The van der Waals surface area contributed by atoms with Crippen molar-refractivity contribution in [3.05, 3.63) is 30.0 Å². The highest BCUT2D eigenvalue weighted by Gasteiger charge is 2.15. The molecule has 4 heteroatoms. The molecule has 0 saturated carbocycles. The molecule has 0 spiro atoms.